The molecule has 0 amide bonds. The quantitative estimate of drug-likeness (QED) is 0.196. The molecule has 1 heterocycles. The van der Waals surface area contributed by atoms with Gasteiger partial charge in [0.15, 0.2) is 18.4 Å². The Hall–Kier alpha value is -4.17. The number of nitrogens with zero attached hydrogens (tertiary/aromatic N) is 1. The molecule has 1 aliphatic rings. The summed E-state index contributed by atoms with van der Waals surface area (Å²) in [7, 11) is 0. The van der Waals surface area contributed by atoms with E-state index in [2.05, 4.69) is 10.2 Å². The van der Waals surface area contributed by atoms with E-state index in [0.717, 1.165) is 0 Å². The van der Waals surface area contributed by atoms with Crippen LogP contribution < -0.4 is 0 Å². The zero-order valence-corrected chi connectivity index (χ0v) is 19.7. The van der Waals surface area contributed by atoms with E-state index in [9.17, 15) is 14.4 Å². The van der Waals surface area contributed by atoms with E-state index in [1.54, 1.807) is 91.0 Å². The van der Waals surface area contributed by atoms with Gasteiger partial charge in [0.1, 0.15) is 12.7 Å². The maximum Gasteiger partial charge on any atom is 0.338 e. The van der Waals surface area contributed by atoms with E-state index in [4.69, 9.17) is 31.2 Å². The Bertz CT molecular complexity index is 1250. The van der Waals surface area contributed by atoms with Gasteiger partial charge < -0.3 is 18.9 Å². The SMILES string of the molecule is O=C(OCC1OC(N=C=S)C(OC(=O)c2ccccc2)C1OC(=O)c1ccccc1)c1ccccc1. The van der Waals surface area contributed by atoms with E-state index in [0.29, 0.717) is 5.56 Å². The van der Waals surface area contributed by atoms with Crippen LogP contribution in [0.3, 0.4) is 0 Å². The monoisotopic (exact) mass is 503 g/mol. The first-order valence-electron chi connectivity index (χ1n) is 11.0. The van der Waals surface area contributed by atoms with Crippen LogP contribution in [-0.4, -0.2) is 54.2 Å². The normalized spacial score (nSPS) is 20.6. The number of ether oxygens (including phenoxy) is 4. The number of carbonyl (C=O) groups excluding carboxylic acids is 3. The van der Waals surface area contributed by atoms with Gasteiger partial charge in [-0.25, -0.2) is 14.4 Å². The van der Waals surface area contributed by atoms with Crippen molar-refractivity contribution in [1.29, 1.82) is 0 Å². The van der Waals surface area contributed by atoms with Crippen molar-refractivity contribution in [2.24, 2.45) is 4.99 Å². The summed E-state index contributed by atoms with van der Waals surface area (Å²) in [5.41, 5.74) is 0.913. The van der Waals surface area contributed by atoms with Gasteiger partial charge in [0.2, 0.25) is 0 Å². The second kappa shape index (κ2) is 12.0. The number of rotatable bonds is 8. The average Bonchev–Trinajstić information content (AvgIpc) is 3.24. The molecule has 8 nitrogen and oxygen atoms in total. The summed E-state index contributed by atoms with van der Waals surface area (Å²) in [5, 5.41) is 2.21. The van der Waals surface area contributed by atoms with Crippen molar-refractivity contribution >= 4 is 35.3 Å². The second-order valence-electron chi connectivity index (χ2n) is 7.72. The molecule has 1 aliphatic heterocycles. The molecule has 4 atom stereocenters. The number of hydrogen-bond acceptors (Lipinski definition) is 9. The van der Waals surface area contributed by atoms with Gasteiger partial charge in [0.05, 0.1) is 21.9 Å². The number of aliphatic imine (C=N–C) groups is 1. The van der Waals surface area contributed by atoms with Crippen molar-refractivity contribution in [3.05, 3.63) is 108 Å². The topological polar surface area (TPSA) is 100 Å². The molecule has 3 aromatic carbocycles. The highest BCUT2D eigenvalue weighted by Crippen LogP contribution is 2.30. The maximum absolute atomic E-state index is 12.9. The highest BCUT2D eigenvalue weighted by Gasteiger charge is 2.50. The zero-order chi connectivity index (χ0) is 25.3. The van der Waals surface area contributed by atoms with Crippen LogP contribution in [0.4, 0.5) is 0 Å². The lowest BCUT2D eigenvalue weighted by Gasteiger charge is -2.23. The van der Waals surface area contributed by atoms with Crippen molar-refractivity contribution < 1.29 is 33.3 Å². The van der Waals surface area contributed by atoms with Gasteiger partial charge in [-0.3, -0.25) is 0 Å². The molecule has 182 valence electrons. The van der Waals surface area contributed by atoms with Gasteiger partial charge in [-0.05, 0) is 48.6 Å². The van der Waals surface area contributed by atoms with Gasteiger partial charge in [-0.2, -0.15) is 4.99 Å². The maximum atomic E-state index is 12.9. The first-order valence-corrected chi connectivity index (χ1v) is 11.4. The van der Waals surface area contributed by atoms with Crippen LogP contribution in [0.25, 0.3) is 0 Å². The summed E-state index contributed by atoms with van der Waals surface area (Å²) in [4.78, 5) is 42.1. The van der Waals surface area contributed by atoms with Crippen molar-refractivity contribution in [3.63, 3.8) is 0 Å². The fourth-order valence-electron chi connectivity index (χ4n) is 3.61. The number of isothiocyanates is 1. The van der Waals surface area contributed by atoms with Gasteiger partial charge in [0.25, 0.3) is 0 Å². The van der Waals surface area contributed by atoms with Crippen LogP contribution in [0.2, 0.25) is 0 Å². The summed E-state index contributed by atoms with van der Waals surface area (Å²) in [6.45, 7) is -0.288. The molecule has 36 heavy (non-hydrogen) atoms. The van der Waals surface area contributed by atoms with Crippen molar-refractivity contribution in [2.45, 2.75) is 24.5 Å². The third-order valence-electron chi connectivity index (χ3n) is 5.36. The van der Waals surface area contributed by atoms with E-state index in [1.807, 2.05) is 0 Å². The largest absolute Gasteiger partial charge is 0.459 e. The minimum atomic E-state index is -1.17. The standard InChI is InChI=1S/C27H21NO7S/c29-25(18-10-4-1-5-11-18)32-16-21-22(34-26(30)19-12-6-2-7-13-19)23(24(33-21)28-17-36)35-27(31)20-14-8-3-9-15-20/h1-15,21-24H,16H2. The van der Waals surface area contributed by atoms with Crippen LogP contribution in [0.5, 0.6) is 0 Å². The summed E-state index contributed by atoms with van der Waals surface area (Å²) < 4.78 is 22.7. The summed E-state index contributed by atoms with van der Waals surface area (Å²) in [5.74, 6) is -1.93. The Balaban J connectivity index is 1.58. The van der Waals surface area contributed by atoms with E-state index >= 15 is 0 Å². The van der Waals surface area contributed by atoms with Gasteiger partial charge >= 0.3 is 17.9 Å². The lowest BCUT2D eigenvalue weighted by molar-refractivity contribution is -0.0445. The third-order valence-corrected chi connectivity index (χ3v) is 5.46. The van der Waals surface area contributed by atoms with Crippen LogP contribution >= 0.6 is 12.2 Å². The Morgan fingerprint density at radius 2 is 1.17 bits per heavy atom. The molecule has 0 aromatic heterocycles. The van der Waals surface area contributed by atoms with Crippen LogP contribution in [0.15, 0.2) is 96.0 Å². The molecule has 0 spiro atoms. The molecule has 1 fully saturated rings. The fraction of sp³-hybridized carbons (Fsp3) is 0.185. The van der Waals surface area contributed by atoms with Gasteiger partial charge in [-0.1, -0.05) is 54.6 Å². The number of carbonyl (C=O) groups is 3. The number of hydrogen-bond donors (Lipinski definition) is 0. The summed E-state index contributed by atoms with van der Waals surface area (Å²) >= 11 is 4.73. The third kappa shape index (κ3) is 6.09. The number of benzene rings is 3. The minimum Gasteiger partial charge on any atom is -0.459 e. The van der Waals surface area contributed by atoms with E-state index in [1.165, 1.54) is 0 Å². The Morgan fingerprint density at radius 1 is 0.722 bits per heavy atom. The molecule has 0 bridgehead atoms. The molecule has 9 heteroatoms. The molecular formula is C27H21NO7S. The van der Waals surface area contributed by atoms with E-state index in [-0.39, 0.29) is 17.7 Å². The summed E-state index contributed by atoms with van der Waals surface area (Å²) in [6, 6.07) is 25.0. The molecule has 0 saturated carbocycles. The molecule has 4 unspecified atom stereocenters. The van der Waals surface area contributed by atoms with Crippen LogP contribution in [-0.2, 0) is 18.9 Å². The van der Waals surface area contributed by atoms with Crippen molar-refractivity contribution in [1.82, 2.24) is 0 Å². The Labute approximate surface area is 212 Å². The molecule has 0 radical (unpaired) electrons. The molecular weight excluding hydrogens is 482 g/mol. The highest BCUT2D eigenvalue weighted by atomic mass is 32.1. The fourth-order valence-corrected chi connectivity index (χ4v) is 3.72. The van der Waals surface area contributed by atoms with E-state index < -0.39 is 42.4 Å². The molecule has 3 aromatic rings. The number of thiocarbonyl (C=S) groups is 1. The second-order valence-corrected chi connectivity index (χ2v) is 7.90. The first-order chi connectivity index (χ1) is 17.6. The van der Waals surface area contributed by atoms with Gasteiger partial charge in [-0.15, -0.1) is 0 Å². The molecule has 0 aliphatic carbocycles. The predicted octanol–water partition coefficient (Wildman–Crippen LogP) is 4.12. The first kappa shape index (κ1) is 24.9. The smallest absolute Gasteiger partial charge is 0.338 e. The van der Waals surface area contributed by atoms with Crippen molar-refractivity contribution in [2.75, 3.05) is 6.61 Å². The Morgan fingerprint density at radius 3 is 1.64 bits per heavy atom. The van der Waals surface area contributed by atoms with Crippen LogP contribution in [0, 0.1) is 0 Å². The average molecular weight is 504 g/mol. The molecule has 0 N–H and O–H groups in total. The predicted molar refractivity (Wildman–Crippen MR) is 132 cm³/mol. The number of esters is 3. The summed E-state index contributed by atoms with van der Waals surface area (Å²) in [6.07, 6.45) is -4.42. The lowest BCUT2D eigenvalue weighted by Crippen LogP contribution is -2.41. The minimum absolute atomic E-state index is 0.285. The van der Waals surface area contributed by atoms with Gasteiger partial charge in [0, 0.05) is 0 Å². The van der Waals surface area contributed by atoms with Crippen molar-refractivity contribution in [3.8, 4) is 0 Å². The Kier molecular flexibility index (Phi) is 8.31. The molecule has 1 saturated heterocycles. The zero-order valence-electron chi connectivity index (χ0n) is 18.9. The highest BCUT2D eigenvalue weighted by molar-refractivity contribution is 7.78. The molecule has 4 rings (SSSR count). The lowest BCUT2D eigenvalue weighted by atomic mass is 10.1. The van der Waals surface area contributed by atoms with Crippen LogP contribution in [0.1, 0.15) is 31.1 Å².